The van der Waals surface area contributed by atoms with Gasteiger partial charge in [-0.3, -0.25) is 4.79 Å². The fourth-order valence-electron chi connectivity index (χ4n) is 2.29. The Bertz CT molecular complexity index is 403. The van der Waals surface area contributed by atoms with Gasteiger partial charge in [-0.1, -0.05) is 0 Å². The summed E-state index contributed by atoms with van der Waals surface area (Å²) in [6, 6.07) is 0.0189. The summed E-state index contributed by atoms with van der Waals surface area (Å²) in [6.07, 6.45) is 0. The SMILES string of the molecule is CC(C(=O)N1CCN(C(=O)N(C)C)CC1)=C1CNC1. The lowest BCUT2D eigenvalue weighted by Crippen LogP contribution is -2.53. The van der Waals surface area contributed by atoms with Gasteiger partial charge in [0, 0.05) is 58.9 Å². The van der Waals surface area contributed by atoms with Gasteiger partial charge in [-0.05, 0) is 12.5 Å². The van der Waals surface area contributed by atoms with Crippen molar-refractivity contribution in [1.29, 1.82) is 0 Å². The zero-order chi connectivity index (χ0) is 14.0. The minimum Gasteiger partial charge on any atom is -0.335 e. The number of nitrogens with one attached hydrogen (secondary N) is 1. The predicted molar refractivity (Wildman–Crippen MR) is 72.8 cm³/mol. The van der Waals surface area contributed by atoms with Crippen molar-refractivity contribution < 1.29 is 9.59 Å². The van der Waals surface area contributed by atoms with Crippen molar-refractivity contribution in [3.05, 3.63) is 11.1 Å². The van der Waals surface area contributed by atoms with Gasteiger partial charge in [0.1, 0.15) is 0 Å². The Balaban J connectivity index is 1.89. The molecule has 2 saturated heterocycles. The number of amides is 3. The summed E-state index contributed by atoms with van der Waals surface area (Å²) in [4.78, 5) is 29.3. The first kappa shape index (κ1) is 13.9. The Kier molecular flexibility index (Phi) is 4.09. The highest BCUT2D eigenvalue weighted by Crippen LogP contribution is 2.14. The van der Waals surface area contributed by atoms with E-state index in [9.17, 15) is 9.59 Å². The third-order valence-corrected chi connectivity index (χ3v) is 3.75. The molecule has 3 amide bonds. The third-order valence-electron chi connectivity index (χ3n) is 3.75. The van der Waals surface area contributed by atoms with E-state index in [1.54, 1.807) is 23.9 Å². The molecule has 0 atom stereocenters. The lowest BCUT2D eigenvalue weighted by atomic mass is 10.0. The molecule has 2 rings (SSSR count). The highest BCUT2D eigenvalue weighted by atomic mass is 16.2. The number of carbonyl (C=O) groups excluding carboxylic acids is 2. The quantitative estimate of drug-likeness (QED) is 0.665. The van der Waals surface area contributed by atoms with Crippen molar-refractivity contribution in [3.8, 4) is 0 Å². The van der Waals surface area contributed by atoms with Gasteiger partial charge in [-0.15, -0.1) is 0 Å². The predicted octanol–water partition coefficient (Wildman–Crippen LogP) is -0.268. The maximum absolute atomic E-state index is 12.3. The van der Waals surface area contributed by atoms with E-state index in [4.69, 9.17) is 0 Å². The Morgan fingerprint density at radius 2 is 1.58 bits per heavy atom. The fraction of sp³-hybridized carbons (Fsp3) is 0.692. The first-order valence-electron chi connectivity index (χ1n) is 6.65. The van der Waals surface area contributed by atoms with E-state index in [1.165, 1.54) is 5.57 Å². The molecular formula is C13H22N4O2. The van der Waals surface area contributed by atoms with E-state index in [1.807, 2.05) is 11.8 Å². The van der Waals surface area contributed by atoms with Crippen LogP contribution < -0.4 is 5.32 Å². The summed E-state index contributed by atoms with van der Waals surface area (Å²) < 4.78 is 0. The van der Waals surface area contributed by atoms with E-state index in [-0.39, 0.29) is 11.9 Å². The molecule has 0 spiro atoms. The number of piperazine rings is 1. The van der Waals surface area contributed by atoms with E-state index < -0.39 is 0 Å². The summed E-state index contributed by atoms with van der Waals surface area (Å²) in [6.45, 7) is 6.03. The first-order valence-corrected chi connectivity index (χ1v) is 6.65. The maximum atomic E-state index is 12.3. The van der Waals surface area contributed by atoms with Crippen LogP contribution >= 0.6 is 0 Å². The zero-order valence-corrected chi connectivity index (χ0v) is 11.9. The number of nitrogens with zero attached hydrogens (tertiary/aromatic N) is 3. The Morgan fingerprint density at radius 3 is 2.00 bits per heavy atom. The second kappa shape index (κ2) is 5.61. The molecule has 19 heavy (non-hydrogen) atoms. The molecule has 2 aliphatic heterocycles. The van der Waals surface area contributed by atoms with E-state index in [2.05, 4.69) is 5.32 Å². The topological polar surface area (TPSA) is 55.9 Å². The van der Waals surface area contributed by atoms with Gasteiger partial charge >= 0.3 is 6.03 Å². The normalized spacial score (nSPS) is 19.0. The number of rotatable bonds is 1. The van der Waals surface area contributed by atoms with Gasteiger partial charge in [-0.2, -0.15) is 0 Å². The molecule has 1 N–H and O–H groups in total. The molecule has 106 valence electrons. The molecule has 6 heteroatoms. The molecular weight excluding hydrogens is 244 g/mol. The summed E-state index contributed by atoms with van der Waals surface area (Å²) in [5.74, 6) is 0.119. The van der Waals surface area contributed by atoms with Crippen LogP contribution in [0.25, 0.3) is 0 Å². The molecule has 6 nitrogen and oxygen atoms in total. The van der Waals surface area contributed by atoms with Crippen molar-refractivity contribution in [1.82, 2.24) is 20.0 Å². The third kappa shape index (κ3) is 2.89. The molecule has 2 fully saturated rings. The highest BCUT2D eigenvalue weighted by Gasteiger charge is 2.27. The smallest absolute Gasteiger partial charge is 0.319 e. The van der Waals surface area contributed by atoms with Crippen LogP contribution in [0.2, 0.25) is 0 Å². The van der Waals surface area contributed by atoms with Crippen molar-refractivity contribution in [2.45, 2.75) is 6.92 Å². The zero-order valence-electron chi connectivity index (χ0n) is 11.9. The van der Waals surface area contributed by atoms with E-state index >= 15 is 0 Å². The monoisotopic (exact) mass is 266 g/mol. The Morgan fingerprint density at radius 1 is 1.05 bits per heavy atom. The van der Waals surface area contributed by atoms with Crippen LogP contribution in [0.1, 0.15) is 6.92 Å². The molecule has 0 radical (unpaired) electrons. The second-order valence-corrected chi connectivity index (χ2v) is 5.29. The van der Waals surface area contributed by atoms with Crippen LogP contribution in [0.3, 0.4) is 0 Å². The molecule has 2 aliphatic rings. The van der Waals surface area contributed by atoms with Crippen LogP contribution in [0.4, 0.5) is 4.79 Å². The molecule has 0 saturated carbocycles. The van der Waals surface area contributed by atoms with Crippen LogP contribution in [-0.2, 0) is 4.79 Å². The molecule has 0 aromatic heterocycles. The van der Waals surface area contributed by atoms with E-state index in [0.717, 1.165) is 18.7 Å². The molecule has 0 aromatic carbocycles. The lowest BCUT2D eigenvalue weighted by molar-refractivity contribution is -0.128. The molecule has 0 bridgehead atoms. The minimum absolute atomic E-state index is 0.0189. The summed E-state index contributed by atoms with van der Waals surface area (Å²) in [5, 5.41) is 3.15. The van der Waals surface area contributed by atoms with Crippen molar-refractivity contribution >= 4 is 11.9 Å². The Hall–Kier alpha value is -1.56. The van der Waals surface area contributed by atoms with Gasteiger partial charge in [-0.25, -0.2) is 4.79 Å². The van der Waals surface area contributed by atoms with Crippen molar-refractivity contribution in [2.75, 3.05) is 53.4 Å². The van der Waals surface area contributed by atoms with Gasteiger partial charge in [0.2, 0.25) is 5.91 Å². The Labute approximate surface area is 114 Å². The van der Waals surface area contributed by atoms with Crippen LogP contribution in [0, 0.1) is 0 Å². The summed E-state index contributed by atoms with van der Waals surface area (Å²) in [7, 11) is 3.50. The highest BCUT2D eigenvalue weighted by molar-refractivity contribution is 5.94. The first-order chi connectivity index (χ1) is 9.00. The molecule has 0 aliphatic carbocycles. The van der Waals surface area contributed by atoms with Crippen LogP contribution in [0.15, 0.2) is 11.1 Å². The van der Waals surface area contributed by atoms with Crippen molar-refractivity contribution in [2.24, 2.45) is 0 Å². The maximum Gasteiger partial charge on any atom is 0.319 e. The minimum atomic E-state index is 0.0189. The summed E-state index contributed by atoms with van der Waals surface area (Å²) >= 11 is 0. The van der Waals surface area contributed by atoms with Crippen LogP contribution in [-0.4, -0.2) is 80.0 Å². The number of hydrogen-bond acceptors (Lipinski definition) is 3. The van der Waals surface area contributed by atoms with Gasteiger partial charge in [0.25, 0.3) is 0 Å². The van der Waals surface area contributed by atoms with Gasteiger partial charge in [0.15, 0.2) is 0 Å². The largest absolute Gasteiger partial charge is 0.335 e. The average Bonchev–Trinajstić information content (AvgIpc) is 2.35. The lowest BCUT2D eigenvalue weighted by Gasteiger charge is -2.36. The number of hydrogen-bond donors (Lipinski definition) is 1. The number of carbonyl (C=O) groups is 2. The van der Waals surface area contributed by atoms with Crippen LogP contribution in [0.5, 0.6) is 0 Å². The molecule has 2 heterocycles. The van der Waals surface area contributed by atoms with Gasteiger partial charge < -0.3 is 20.0 Å². The van der Waals surface area contributed by atoms with Crippen molar-refractivity contribution in [3.63, 3.8) is 0 Å². The van der Waals surface area contributed by atoms with E-state index in [0.29, 0.717) is 26.2 Å². The fourth-order valence-corrected chi connectivity index (χ4v) is 2.29. The molecule has 0 aromatic rings. The molecule has 0 unspecified atom stereocenters. The second-order valence-electron chi connectivity index (χ2n) is 5.29. The van der Waals surface area contributed by atoms with Gasteiger partial charge in [0.05, 0.1) is 0 Å². The standard InChI is InChI=1S/C13H22N4O2/c1-10(11-8-14-9-11)12(18)16-4-6-17(7-5-16)13(19)15(2)3/h14H,4-9H2,1-3H3. The average molecular weight is 266 g/mol. The number of urea groups is 1. The summed E-state index contributed by atoms with van der Waals surface area (Å²) in [5.41, 5.74) is 2.07.